The van der Waals surface area contributed by atoms with E-state index in [1.54, 1.807) is 0 Å². The third kappa shape index (κ3) is 5.10. The normalized spacial score (nSPS) is 12.3. The second kappa shape index (κ2) is 8.23. The first kappa shape index (κ1) is 15.3. The monoisotopic (exact) mass is 331 g/mol. The van der Waals surface area contributed by atoms with Crippen molar-refractivity contribution in [3.8, 4) is 0 Å². The van der Waals surface area contributed by atoms with Gasteiger partial charge in [0, 0.05) is 10.5 Å². The number of hydrogen-bond acceptors (Lipinski definition) is 1. The Bertz CT molecular complexity index is 510. The van der Waals surface area contributed by atoms with Crippen LogP contribution in [-0.2, 0) is 12.8 Å². The van der Waals surface area contributed by atoms with Crippen LogP contribution >= 0.6 is 15.9 Å². The molecule has 0 saturated carbocycles. The van der Waals surface area contributed by atoms with E-state index in [1.807, 2.05) is 0 Å². The van der Waals surface area contributed by atoms with Gasteiger partial charge in [-0.05, 0) is 56.0 Å². The van der Waals surface area contributed by atoms with Gasteiger partial charge in [0.25, 0.3) is 0 Å². The van der Waals surface area contributed by atoms with E-state index in [0.29, 0.717) is 6.04 Å². The van der Waals surface area contributed by atoms with Gasteiger partial charge in [-0.15, -0.1) is 0 Å². The Morgan fingerprint density at radius 3 is 2.45 bits per heavy atom. The molecule has 1 unspecified atom stereocenters. The smallest absolute Gasteiger partial charge is 0.0178 e. The molecule has 1 atom stereocenters. The third-order valence-electron chi connectivity index (χ3n) is 3.64. The lowest BCUT2D eigenvalue weighted by atomic mass is 9.99. The zero-order valence-electron chi connectivity index (χ0n) is 12.0. The number of aryl methyl sites for hydroxylation is 1. The highest BCUT2D eigenvalue weighted by Crippen LogP contribution is 2.15. The van der Waals surface area contributed by atoms with Gasteiger partial charge in [-0.25, -0.2) is 0 Å². The first-order chi connectivity index (χ1) is 9.78. The molecular weight excluding hydrogens is 310 g/mol. The molecule has 0 radical (unpaired) electrons. The molecule has 0 saturated heterocycles. The Kier molecular flexibility index (Phi) is 6.28. The van der Waals surface area contributed by atoms with Gasteiger partial charge in [0.05, 0.1) is 0 Å². The molecule has 20 heavy (non-hydrogen) atoms. The average Bonchev–Trinajstić information content (AvgIpc) is 2.47. The van der Waals surface area contributed by atoms with Crippen molar-refractivity contribution in [3.63, 3.8) is 0 Å². The maximum Gasteiger partial charge on any atom is 0.0178 e. The van der Waals surface area contributed by atoms with Crippen LogP contribution in [0.4, 0.5) is 0 Å². The molecule has 106 valence electrons. The Labute approximate surface area is 130 Å². The topological polar surface area (TPSA) is 12.0 Å². The maximum atomic E-state index is 3.54. The maximum absolute atomic E-state index is 3.54. The van der Waals surface area contributed by atoms with Gasteiger partial charge in [-0.1, -0.05) is 58.4 Å². The molecule has 0 bridgehead atoms. The quantitative estimate of drug-likeness (QED) is 0.781. The molecule has 0 fully saturated rings. The number of nitrogens with one attached hydrogen (secondary N) is 1. The van der Waals surface area contributed by atoms with E-state index in [-0.39, 0.29) is 0 Å². The first-order valence-corrected chi connectivity index (χ1v) is 8.03. The second-order valence-corrected chi connectivity index (χ2v) is 6.11. The zero-order valence-corrected chi connectivity index (χ0v) is 13.6. The molecule has 1 nitrogen and oxygen atoms in total. The van der Waals surface area contributed by atoms with Gasteiger partial charge >= 0.3 is 0 Å². The fourth-order valence-electron chi connectivity index (χ4n) is 2.49. The highest BCUT2D eigenvalue weighted by molar-refractivity contribution is 9.10. The molecule has 0 aromatic heterocycles. The first-order valence-electron chi connectivity index (χ1n) is 7.23. The molecule has 0 heterocycles. The van der Waals surface area contributed by atoms with Crippen LogP contribution < -0.4 is 5.32 Å². The van der Waals surface area contributed by atoms with Gasteiger partial charge in [0.2, 0.25) is 0 Å². The summed E-state index contributed by atoms with van der Waals surface area (Å²) in [5, 5.41) is 3.44. The fraction of sp³-hybridized carbons (Fsp3) is 0.333. The van der Waals surface area contributed by atoms with E-state index in [2.05, 4.69) is 82.9 Å². The van der Waals surface area contributed by atoms with Crippen LogP contribution in [0.25, 0.3) is 0 Å². The summed E-state index contributed by atoms with van der Waals surface area (Å²) in [4.78, 5) is 0. The van der Waals surface area contributed by atoms with Crippen molar-refractivity contribution in [2.75, 3.05) is 7.05 Å². The lowest BCUT2D eigenvalue weighted by molar-refractivity contribution is 0.502. The van der Waals surface area contributed by atoms with Crippen molar-refractivity contribution in [2.24, 2.45) is 0 Å². The molecule has 0 aliphatic carbocycles. The highest BCUT2D eigenvalue weighted by atomic mass is 79.9. The molecule has 2 heteroatoms. The van der Waals surface area contributed by atoms with Gasteiger partial charge in [-0.3, -0.25) is 0 Å². The summed E-state index contributed by atoms with van der Waals surface area (Å²) in [6.07, 6.45) is 4.68. The standard InChI is InChI=1S/C18H22BrN/c1-20-18(14-16-10-5-11-17(19)13-16)12-6-9-15-7-3-2-4-8-15/h2-5,7-8,10-11,13,18,20H,6,9,12,14H2,1H3. The fourth-order valence-corrected chi connectivity index (χ4v) is 2.94. The molecule has 0 amide bonds. The van der Waals surface area contributed by atoms with Gasteiger partial charge in [-0.2, -0.15) is 0 Å². The summed E-state index contributed by atoms with van der Waals surface area (Å²) in [6, 6.07) is 19.9. The molecule has 0 aliphatic rings. The minimum atomic E-state index is 0.549. The number of hydrogen-bond donors (Lipinski definition) is 1. The Hall–Kier alpha value is -1.12. The Morgan fingerprint density at radius 1 is 1.00 bits per heavy atom. The number of benzene rings is 2. The van der Waals surface area contributed by atoms with E-state index in [1.165, 1.54) is 24.0 Å². The molecule has 0 aliphatic heterocycles. The van der Waals surface area contributed by atoms with Crippen molar-refractivity contribution in [3.05, 3.63) is 70.2 Å². The summed E-state index contributed by atoms with van der Waals surface area (Å²) in [6.45, 7) is 0. The minimum Gasteiger partial charge on any atom is -0.317 e. The summed E-state index contributed by atoms with van der Waals surface area (Å²) in [5.74, 6) is 0. The van der Waals surface area contributed by atoms with Crippen molar-refractivity contribution in [2.45, 2.75) is 31.7 Å². The van der Waals surface area contributed by atoms with Crippen LogP contribution in [0.15, 0.2) is 59.1 Å². The Morgan fingerprint density at radius 2 is 1.75 bits per heavy atom. The number of rotatable bonds is 7. The van der Waals surface area contributed by atoms with Crippen LogP contribution in [0.2, 0.25) is 0 Å². The lowest BCUT2D eigenvalue weighted by Gasteiger charge is -2.16. The van der Waals surface area contributed by atoms with Crippen molar-refractivity contribution >= 4 is 15.9 Å². The summed E-state index contributed by atoms with van der Waals surface area (Å²) >= 11 is 3.54. The largest absolute Gasteiger partial charge is 0.317 e. The SMILES string of the molecule is CNC(CCCc1ccccc1)Cc1cccc(Br)c1. The summed E-state index contributed by atoms with van der Waals surface area (Å²) in [7, 11) is 2.06. The molecule has 2 aromatic carbocycles. The molecule has 0 spiro atoms. The molecule has 2 rings (SSSR count). The van der Waals surface area contributed by atoms with Crippen molar-refractivity contribution in [1.29, 1.82) is 0 Å². The number of halogens is 1. The van der Waals surface area contributed by atoms with Gasteiger partial charge in [0.15, 0.2) is 0 Å². The van der Waals surface area contributed by atoms with Crippen LogP contribution in [0.5, 0.6) is 0 Å². The summed E-state index contributed by atoms with van der Waals surface area (Å²) < 4.78 is 1.16. The Balaban J connectivity index is 1.80. The van der Waals surface area contributed by atoms with E-state index in [4.69, 9.17) is 0 Å². The lowest BCUT2D eigenvalue weighted by Crippen LogP contribution is -2.27. The van der Waals surface area contributed by atoms with Crippen LogP contribution in [-0.4, -0.2) is 13.1 Å². The van der Waals surface area contributed by atoms with Crippen molar-refractivity contribution in [1.82, 2.24) is 5.32 Å². The second-order valence-electron chi connectivity index (χ2n) is 5.20. The summed E-state index contributed by atoms with van der Waals surface area (Å²) in [5.41, 5.74) is 2.82. The van der Waals surface area contributed by atoms with Crippen LogP contribution in [0.3, 0.4) is 0 Å². The van der Waals surface area contributed by atoms with E-state index in [9.17, 15) is 0 Å². The van der Waals surface area contributed by atoms with Gasteiger partial charge < -0.3 is 5.32 Å². The zero-order chi connectivity index (χ0) is 14.2. The average molecular weight is 332 g/mol. The van der Waals surface area contributed by atoms with Crippen molar-refractivity contribution < 1.29 is 0 Å². The van der Waals surface area contributed by atoms with E-state index >= 15 is 0 Å². The van der Waals surface area contributed by atoms with Crippen LogP contribution in [0, 0.1) is 0 Å². The molecule has 1 N–H and O–H groups in total. The van der Waals surface area contributed by atoms with E-state index in [0.717, 1.165) is 17.3 Å². The minimum absolute atomic E-state index is 0.549. The van der Waals surface area contributed by atoms with Gasteiger partial charge in [0.1, 0.15) is 0 Å². The molecular formula is C18H22BrN. The number of likely N-dealkylation sites (N-methyl/N-ethyl adjacent to an activating group) is 1. The third-order valence-corrected chi connectivity index (χ3v) is 4.13. The molecule has 2 aromatic rings. The van der Waals surface area contributed by atoms with E-state index < -0.39 is 0 Å². The predicted molar refractivity (Wildman–Crippen MR) is 90.1 cm³/mol. The highest BCUT2D eigenvalue weighted by Gasteiger charge is 2.07. The van der Waals surface area contributed by atoms with Crippen LogP contribution in [0.1, 0.15) is 24.0 Å². The predicted octanol–water partition coefficient (Wildman–Crippen LogP) is 4.60.